The van der Waals surface area contributed by atoms with Crippen molar-refractivity contribution in [2.75, 3.05) is 19.6 Å². The lowest BCUT2D eigenvalue weighted by molar-refractivity contribution is -0.905. The molecule has 1 saturated heterocycles. The fraction of sp³-hybridized carbons (Fsp3) is 0.667. The normalized spacial score (nSPS) is 33.1. The molecule has 0 aromatic heterocycles. The van der Waals surface area contributed by atoms with Crippen molar-refractivity contribution < 1.29 is 24.3 Å². The fourth-order valence-electron chi connectivity index (χ4n) is 2.82. The zero-order chi connectivity index (χ0) is 12.6. The fourth-order valence-corrected chi connectivity index (χ4v) is 2.82. The summed E-state index contributed by atoms with van der Waals surface area (Å²) in [5.41, 5.74) is -0.416. The molecule has 2 rings (SSSR count). The number of aliphatic carboxylic acids is 1. The second-order valence-corrected chi connectivity index (χ2v) is 4.79. The van der Waals surface area contributed by atoms with Crippen molar-refractivity contribution in [1.82, 2.24) is 0 Å². The van der Waals surface area contributed by atoms with Crippen LogP contribution in [0.4, 0.5) is 0 Å². The van der Waals surface area contributed by atoms with E-state index >= 15 is 0 Å². The SMILES string of the molecule is CC[NH+]1CCC2(CC1)OC(=O)C(C)=C2C(=O)O. The summed E-state index contributed by atoms with van der Waals surface area (Å²) in [4.78, 5) is 24.3. The largest absolute Gasteiger partial charge is 0.478 e. The van der Waals surface area contributed by atoms with Crippen molar-refractivity contribution in [3.63, 3.8) is 0 Å². The summed E-state index contributed by atoms with van der Waals surface area (Å²) in [5.74, 6) is -1.49. The minimum atomic E-state index is -1.02. The minimum absolute atomic E-state index is 0.178. The topological polar surface area (TPSA) is 68.0 Å². The third kappa shape index (κ3) is 1.84. The van der Waals surface area contributed by atoms with Crippen molar-refractivity contribution in [3.8, 4) is 0 Å². The summed E-state index contributed by atoms with van der Waals surface area (Å²) >= 11 is 0. The molecule has 1 fully saturated rings. The summed E-state index contributed by atoms with van der Waals surface area (Å²) < 4.78 is 5.36. The number of piperidine rings is 1. The van der Waals surface area contributed by atoms with Crippen LogP contribution in [0.5, 0.6) is 0 Å². The molecule has 5 heteroatoms. The highest BCUT2D eigenvalue weighted by molar-refractivity contribution is 6.04. The van der Waals surface area contributed by atoms with Gasteiger partial charge in [-0.3, -0.25) is 0 Å². The van der Waals surface area contributed by atoms with Gasteiger partial charge in [-0.25, -0.2) is 9.59 Å². The molecule has 94 valence electrons. The van der Waals surface area contributed by atoms with Gasteiger partial charge in [0.1, 0.15) is 0 Å². The first kappa shape index (κ1) is 12.1. The summed E-state index contributed by atoms with van der Waals surface area (Å²) in [6, 6.07) is 0. The van der Waals surface area contributed by atoms with Crippen LogP contribution >= 0.6 is 0 Å². The first-order chi connectivity index (χ1) is 8.00. The summed E-state index contributed by atoms with van der Waals surface area (Å²) in [5, 5.41) is 9.25. The molecule has 2 aliphatic heterocycles. The number of ether oxygens (including phenoxy) is 1. The standard InChI is InChI=1S/C12H17NO4/c1-3-13-6-4-12(5-7-13)9(10(14)15)8(2)11(16)17-12/h3-7H2,1-2H3,(H,14,15)/p+1. The van der Waals surface area contributed by atoms with Crippen molar-refractivity contribution in [2.45, 2.75) is 32.3 Å². The molecule has 0 aromatic carbocycles. The number of likely N-dealkylation sites (tertiary alicyclic amines) is 1. The number of esters is 1. The molecule has 2 heterocycles. The van der Waals surface area contributed by atoms with Crippen LogP contribution in [-0.2, 0) is 14.3 Å². The second kappa shape index (κ2) is 4.14. The van der Waals surface area contributed by atoms with Gasteiger partial charge in [0.25, 0.3) is 0 Å². The van der Waals surface area contributed by atoms with E-state index in [1.807, 2.05) is 0 Å². The van der Waals surface area contributed by atoms with Gasteiger partial charge in [0.15, 0.2) is 5.60 Å². The number of carbonyl (C=O) groups is 2. The Bertz CT molecular complexity index is 391. The van der Waals surface area contributed by atoms with Gasteiger partial charge in [-0.1, -0.05) is 0 Å². The van der Waals surface area contributed by atoms with Crippen LogP contribution in [0.1, 0.15) is 26.7 Å². The lowest BCUT2D eigenvalue weighted by Crippen LogP contribution is -3.13. The molecule has 17 heavy (non-hydrogen) atoms. The molecule has 0 atom stereocenters. The maximum Gasteiger partial charge on any atom is 0.336 e. The summed E-state index contributed by atoms with van der Waals surface area (Å²) in [6.07, 6.45) is 1.22. The van der Waals surface area contributed by atoms with Gasteiger partial charge in [0, 0.05) is 18.4 Å². The van der Waals surface area contributed by atoms with E-state index in [4.69, 9.17) is 4.74 Å². The van der Waals surface area contributed by atoms with E-state index in [0.29, 0.717) is 12.8 Å². The number of hydrogen-bond acceptors (Lipinski definition) is 3. The molecule has 0 aromatic rings. The Labute approximate surface area is 100 Å². The van der Waals surface area contributed by atoms with Crippen molar-refractivity contribution in [3.05, 3.63) is 11.1 Å². The molecule has 0 saturated carbocycles. The molecule has 5 nitrogen and oxygen atoms in total. The van der Waals surface area contributed by atoms with Gasteiger partial charge in [-0.15, -0.1) is 0 Å². The first-order valence-corrected chi connectivity index (χ1v) is 6.01. The highest BCUT2D eigenvalue weighted by Gasteiger charge is 2.52. The van der Waals surface area contributed by atoms with Gasteiger partial charge in [0.2, 0.25) is 0 Å². The monoisotopic (exact) mass is 240 g/mol. The van der Waals surface area contributed by atoms with E-state index in [-0.39, 0.29) is 11.1 Å². The molecule has 0 aliphatic carbocycles. The van der Waals surface area contributed by atoms with E-state index in [1.165, 1.54) is 4.90 Å². The van der Waals surface area contributed by atoms with Crippen LogP contribution in [0, 0.1) is 0 Å². The molecular formula is C12H18NO4+. The van der Waals surface area contributed by atoms with E-state index in [9.17, 15) is 14.7 Å². The zero-order valence-electron chi connectivity index (χ0n) is 10.2. The smallest absolute Gasteiger partial charge is 0.336 e. The maximum absolute atomic E-state index is 11.6. The third-order valence-electron chi connectivity index (χ3n) is 3.90. The van der Waals surface area contributed by atoms with Crippen LogP contribution in [0.15, 0.2) is 11.1 Å². The van der Waals surface area contributed by atoms with Gasteiger partial charge in [-0.2, -0.15) is 0 Å². The number of quaternary nitrogens is 1. The molecule has 0 unspecified atom stereocenters. The predicted molar refractivity (Wildman–Crippen MR) is 59.6 cm³/mol. The van der Waals surface area contributed by atoms with Crippen molar-refractivity contribution >= 4 is 11.9 Å². The average molecular weight is 240 g/mol. The van der Waals surface area contributed by atoms with E-state index in [0.717, 1.165) is 19.6 Å². The Morgan fingerprint density at radius 1 is 1.47 bits per heavy atom. The number of hydrogen-bond donors (Lipinski definition) is 2. The van der Waals surface area contributed by atoms with Gasteiger partial charge in [-0.05, 0) is 13.8 Å². The molecule has 2 aliphatic rings. The minimum Gasteiger partial charge on any atom is -0.478 e. The molecule has 0 bridgehead atoms. The number of carboxylic acids is 1. The molecule has 0 radical (unpaired) electrons. The first-order valence-electron chi connectivity index (χ1n) is 6.01. The van der Waals surface area contributed by atoms with Crippen LogP contribution in [0.3, 0.4) is 0 Å². The Hall–Kier alpha value is -1.36. The zero-order valence-corrected chi connectivity index (χ0v) is 10.2. The highest BCUT2D eigenvalue weighted by atomic mass is 16.6. The average Bonchev–Trinajstić information content (AvgIpc) is 2.52. The summed E-state index contributed by atoms with van der Waals surface area (Å²) in [6.45, 7) is 6.38. The second-order valence-electron chi connectivity index (χ2n) is 4.79. The lowest BCUT2D eigenvalue weighted by Gasteiger charge is -2.36. The quantitative estimate of drug-likeness (QED) is 0.631. The van der Waals surface area contributed by atoms with Gasteiger partial charge in [0.05, 0.1) is 25.2 Å². The van der Waals surface area contributed by atoms with Crippen LogP contribution < -0.4 is 4.90 Å². The van der Waals surface area contributed by atoms with E-state index in [1.54, 1.807) is 6.92 Å². The number of carbonyl (C=O) groups excluding carboxylic acids is 1. The van der Waals surface area contributed by atoms with Gasteiger partial charge >= 0.3 is 11.9 Å². The lowest BCUT2D eigenvalue weighted by atomic mass is 9.83. The number of carboxylic acid groups (broad SMARTS) is 1. The predicted octanol–water partition coefficient (Wildman–Crippen LogP) is -0.618. The van der Waals surface area contributed by atoms with Crippen molar-refractivity contribution in [2.24, 2.45) is 0 Å². The number of rotatable bonds is 2. The molecule has 2 N–H and O–H groups in total. The molecule has 1 spiro atoms. The Morgan fingerprint density at radius 2 is 2.06 bits per heavy atom. The Morgan fingerprint density at radius 3 is 2.53 bits per heavy atom. The molecular weight excluding hydrogens is 222 g/mol. The Balaban J connectivity index is 2.28. The maximum atomic E-state index is 11.6. The van der Waals surface area contributed by atoms with Crippen molar-refractivity contribution in [1.29, 1.82) is 0 Å². The molecule has 0 amide bonds. The van der Waals surface area contributed by atoms with E-state index < -0.39 is 17.5 Å². The van der Waals surface area contributed by atoms with E-state index in [2.05, 4.69) is 6.92 Å². The highest BCUT2D eigenvalue weighted by Crippen LogP contribution is 2.38. The Kier molecular flexibility index (Phi) is 2.95. The number of nitrogens with one attached hydrogen (secondary N) is 1. The van der Waals surface area contributed by atoms with Gasteiger partial charge < -0.3 is 14.7 Å². The van der Waals surface area contributed by atoms with Crippen LogP contribution in [0.2, 0.25) is 0 Å². The third-order valence-corrected chi connectivity index (χ3v) is 3.90. The van der Waals surface area contributed by atoms with Crippen LogP contribution in [-0.4, -0.2) is 42.3 Å². The summed E-state index contributed by atoms with van der Waals surface area (Å²) in [7, 11) is 0. The van der Waals surface area contributed by atoms with Crippen LogP contribution in [0.25, 0.3) is 0 Å².